The molecule has 0 heterocycles. The normalized spacial score (nSPS) is 10.3. The van der Waals surface area contributed by atoms with Gasteiger partial charge in [0.1, 0.15) is 0 Å². The van der Waals surface area contributed by atoms with E-state index in [4.69, 9.17) is 34.8 Å². The molecule has 0 bridgehead atoms. The van der Waals surface area contributed by atoms with Crippen molar-refractivity contribution in [3.05, 3.63) is 0 Å². The Bertz CT molecular complexity index is 207. The van der Waals surface area contributed by atoms with E-state index in [1.54, 1.807) is 0 Å². The van der Waals surface area contributed by atoms with E-state index in [2.05, 4.69) is 11.8 Å². The molecule has 0 aromatic heterocycles. The summed E-state index contributed by atoms with van der Waals surface area (Å²) < 4.78 is -1.89. The van der Waals surface area contributed by atoms with E-state index in [0.29, 0.717) is 6.42 Å². The van der Waals surface area contributed by atoms with Gasteiger partial charge in [0.2, 0.25) is 0 Å². The minimum absolute atomic E-state index is 0.663. The van der Waals surface area contributed by atoms with Crippen molar-refractivity contribution in [3.8, 4) is 11.8 Å². The predicted octanol–water partition coefficient (Wildman–Crippen LogP) is 3.12. The fourth-order valence-electron chi connectivity index (χ4n) is 0.479. The number of rotatable bonds is 2. The first kappa shape index (κ1) is 12.1. The van der Waals surface area contributed by atoms with Gasteiger partial charge in [-0.1, -0.05) is 54.1 Å². The summed E-state index contributed by atoms with van der Waals surface area (Å²) >= 11 is 15.8. The van der Waals surface area contributed by atoms with Gasteiger partial charge in [-0.15, -0.1) is 0 Å². The molecule has 0 spiro atoms. The summed E-state index contributed by atoms with van der Waals surface area (Å²) in [6.45, 7) is 2.04. The number of unbranched alkanes of at least 4 members (excludes halogenated alkanes) is 2. The minimum atomic E-state index is -1.89. The molecule has 0 fully saturated rings. The lowest BCUT2D eigenvalue weighted by Gasteiger charge is -2.01. The number of carbonyl (C=O) groups is 1. The zero-order valence-corrected chi connectivity index (χ0v) is 8.93. The number of ketones is 1. The van der Waals surface area contributed by atoms with Crippen LogP contribution in [0.25, 0.3) is 0 Å². The average molecular weight is 228 g/mol. The maximum Gasteiger partial charge on any atom is 0.261 e. The standard InChI is InChI=1S/C8H9Cl3O/c1-2-3-4-5-6-7(12)8(9,10)11/h2-4H2,1H3. The molecule has 4 heteroatoms. The number of Topliss-reactive ketones (excluding diaryl/α,β-unsaturated/α-hetero) is 1. The molecule has 0 aliphatic carbocycles. The number of alkyl halides is 3. The molecular formula is C8H9Cl3O. The van der Waals surface area contributed by atoms with E-state index in [0.717, 1.165) is 12.8 Å². The van der Waals surface area contributed by atoms with Gasteiger partial charge in [-0.25, -0.2) is 0 Å². The van der Waals surface area contributed by atoms with Crippen LogP contribution in [0, 0.1) is 11.8 Å². The van der Waals surface area contributed by atoms with E-state index in [-0.39, 0.29) is 0 Å². The Balaban J connectivity index is 3.89. The quantitative estimate of drug-likeness (QED) is 0.307. The Morgan fingerprint density at radius 3 is 2.42 bits per heavy atom. The highest BCUT2D eigenvalue weighted by Gasteiger charge is 2.28. The first-order valence-electron chi connectivity index (χ1n) is 3.58. The molecule has 0 N–H and O–H groups in total. The third-order valence-electron chi connectivity index (χ3n) is 1.11. The highest BCUT2D eigenvalue weighted by atomic mass is 35.6. The molecule has 0 unspecified atom stereocenters. The maximum atomic E-state index is 10.9. The van der Waals surface area contributed by atoms with Gasteiger partial charge in [0.05, 0.1) is 0 Å². The second kappa shape index (κ2) is 5.70. The van der Waals surface area contributed by atoms with Gasteiger partial charge in [0.25, 0.3) is 9.58 Å². The van der Waals surface area contributed by atoms with Gasteiger partial charge < -0.3 is 0 Å². The zero-order chi connectivity index (χ0) is 9.61. The van der Waals surface area contributed by atoms with Crippen LogP contribution in [0.15, 0.2) is 0 Å². The topological polar surface area (TPSA) is 17.1 Å². The summed E-state index contributed by atoms with van der Waals surface area (Å²) in [7, 11) is 0. The molecule has 68 valence electrons. The molecule has 0 aliphatic heterocycles. The zero-order valence-electron chi connectivity index (χ0n) is 6.66. The lowest BCUT2D eigenvalue weighted by atomic mass is 10.2. The first-order chi connectivity index (χ1) is 5.48. The minimum Gasteiger partial charge on any atom is -0.280 e. The third kappa shape index (κ3) is 5.71. The summed E-state index contributed by atoms with van der Waals surface area (Å²) in [6.07, 6.45) is 2.67. The summed E-state index contributed by atoms with van der Waals surface area (Å²) in [5, 5.41) is 0. The van der Waals surface area contributed by atoms with E-state index >= 15 is 0 Å². The van der Waals surface area contributed by atoms with Gasteiger partial charge in [-0.2, -0.15) is 0 Å². The van der Waals surface area contributed by atoms with Crippen molar-refractivity contribution in [1.82, 2.24) is 0 Å². The van der Waals surface area contributed by atoms with Crippen LogP contribution in [0.1, 0.15) is 26.2 Å². The molecule has 0 saturated carbocycles. The molecule has 0 aromatic carbocycles. The lowest BCUT2D eigenvalue weighted by Crippen LogP contribution is -2.16. The number of hydrogen-bond donors (Lipinski definition) is 0. The summed E-state index contributed by atoms with van der Waals surface area (Å²) in [4.78, 5) is 10.9. The second-order valence-corrected chi connectivity index (χ2v) is 4.51. The van der Waals surface area contributed by atoms with Crippen molar-refractivity contribution in [2.24, 2.45) is 0 Å². The van der Waals surface area contributed by atoms with Crippen LogP contribution in [0.5, 0.6) is 0 Å². The summed E-state index contributed by atoms with van der Waals surface area (Å²) in [5.41, 5.74) is 0. The summed E-state index contributed by atoms with van der Waals surface area (Å²) in [5.74, 6) is 4.25. The van der Waals surface area contributed by atoms with Crippen LogP contribution in [-0.2, 0) is 4.79 Å². The Kier molecular flexibility index (Phi) is 5.74. The number of halogens is 3. The fourth-order valence-corrected chi connectivity index (χ4v) is 0.621. The number of hydrogen-bond acceptors (Lipinski definition) is 1. The van der Waals surface area contributed by atoms with Crippen molar-refractivity contribution in [3.63, 3.8) is 0 Å². The smallest absolute Gasteiger partial charge is 0.261 e. The van der Waals surface area contributed by atoms with Crippen molar-refractivity contribution in [2.75, 3.05) is 0 Å². The summed E-state index contributed by atoms with van der Waals surface area (Å²) in [6, 6.07) is 0. The highest BCUT2D eigenvalue weighted by Crippen LogP contribution is 2.26. The van der Waals surface area contributed by atoms with Crippen LogP contribution in [-0.4, -0.2) is 9.58 Å². The number of carbonyl (C=O) groups excluding carboxylic acids is 1. The van der Waals surface area contributed by atoms with Gasteiger partial charge >= 0.3 is 0 Å². The van der Waals surface area contributed by atoms with Crippen molar-refractivity contribution in [2.45, 2.75) is 30.0 Å². The van der Waals surface area contributed by atoms with E-state index in [9.17, 15) is 4.79 Å². The van der Waals surface area contributed by atoms with E-state index in [1.165, 1.54) is 0 Å². The van der Waals surface area contributed by atoms with E-state index < -0.39 is 9.58 Å². The first-order valence-corrected chi connectivity index (χ1v) is 4.72. The van der Waals surface area contributed by atoms with Crippen molar-refractivity contribution >= 4 is 40.6 Å². The maximum absolute atomic E-state index is 10.9. The van der Waals surface area contributed by atoms with Gasteiger partial charge in [0, 0.05) is 6.42 Å². The highest BCUT2D eigenvalue weighted by molar-refractivity contribution is 6.77. The molecule has 0 aromatic rings. The fraction of sp³-hybridized carbons (Fsp3) is 0.625. The molecule has 12 heavy (non-hydrogen) atoms. The Morgan fingerprint density at radius 2 is 2.00 bits per heavy atom. The van der Waals surface area contributed by atoms with E-state index in [1.807, 2.05) is 6.92 Å². The van der Waals surface area contributed by atoms with Crippen LogP contribution in [0.3, 0.4) is 0 Å². The van der Waals surface area contributed by atoms with Gasteiger partial charge in [-0.05, 0) is 12.3 Å². The van der Waals surface area contributed by atoms with Crippen LogP contribution >= 0.6 is 34.8 Å². The monoisotopic (exact) mass is 226 g/mol. The van der Waals surface area contributed by atoms with Gasteiger partial charge in [0.15, 0.2) is 0 Å². The molecule has 1 nitrogen and oxygen atoms in total. The van der Waals surface area contributed by atoms with Crippen molar-refractivity contribution in [1.29, 1.82) is 0 Å². The Hall–Kier alpha value is 0.1000. The molecule has 0 amide bonds. The van der Waals surface area contributed by atoms with Crippen molar-refractivity contribution < 1.29 is 4.79 Å². The molecule has 0 rings (SSSR count). The third-order valence-corrected chi connectivity index (χ3v) is 1.63. The molecule has 0 aliphatic rings. The molecule has 0 radical (unpaired) electrons. The second-order valence-electron chi connectivity index (χ2n) is 2.23. The SMILES string of the molecule is CCCCC#CC(=O)C(Cl)(Cl)Cl. The molecular weight excluding hydrogens is 218 g/mol. The molecule has 0 saturated heterocycles. The molecule has 0 atom stereocenters. The Labute approximate surface area is 87.4 Å². The van der Waals surface area contributed by atoms with Crippen LogP contribution in [0.2, 0.25) is 0 Å². The van der Waals surface area contributed by atoms with Gasteiger partial charge in [-0.3, -0.25) is 4.79 Å². The lowest BCUT2D eigenvalue weighted by molar-refractivity contribution is -0.113. The largest absolute Gasteiger partial charge is 0.280 e. The predicted molar refractivity (Wildman–Crippen MR) is 52.6 cm³/mol. The average Bonchev–Trinajstić information content (AvgIpc) is 1.96. The van der Waals surface area contributed by atoms with Crippen LogP contribution < -0.4 is 0 Å². The Morgan fingerprint density at radius 1 is 1.42 bits per heavy atom. The van der Waals surface area contributed by atoms with Crippen LogP contribution in [0.4, 0.5) is 0 Å².